The molecule has 290 valence electrons. The molecule has 7 rings (SSSR count). The highest BCUT2D eigenvalue weighted by atomic mass is 19.0. The molecule has 0 unspecified atom stereocenters. The van der Waals surface area contributed by atoms with Gasteiger partial charge in [0.1, 0.15) is 11.3 Å². The van der Waals surface area contributed by atoms with E-state index in [1.165, 1.54) is 12.1 Å². The number of nitrogens with one attached hydrogen (secondary N) is 3. The fourth-order valence-corrected chi connectivity index (χ4v) is 7.61. The van der Waals surface area contributed by atoms with Gasteiger partial charge in [-0.15, -0.1) is 5.10 Å². The van der Waals surface area contributed by atoms with Crippen LogP contribution in [0.1, 0.15) is 54.9 Å². The van der Waals surface area contributed by atoms with E-state index in [0.717, 1.165) is 77.5 Å². The number of carbonyl (C=O) groups is 1. The summed E-state index contributed by atoms with van der Waals surface area (Å²) in [7, 11) is 1.97. The lowest BCUT2D eigenvalue weighted by atomic mass is 9.89. The topological polar surface area (TPSA) is 169 Å². The smallest absolute Gasteiger partial charge is 0.412 e. The van der Waals surface area contributed by atoms with Crippen LogP contribution >= 0.6 is 0 Å². The molecule has 55 heavy (non-hydrogen) atoms. The number of anilines is 1. The Labute approximate surface area is 316 Å². The van der Waals surface area contributed by atoms with Crippen molar-refractivity contribution in [1.29, 1.82) is 0 Å². The van der Waals surface area contributed by atoms with Crippen molar-refractivity contribution in [3.63, 3.8) is 0 Å². The standard InChI is InChI=1S/C41H45N7O5.2FH/c1-42-29-11-13-30(14-12-29)48(41(52)53)36-23-26(9-15-31(36)28-7-3-2-4-8-28)6-5-21-47-35-18-10-27(22-34(35)45-46-47)24-43-25-38(50)32-16-19-37(49)40-33(32)17-20-39(51)44-40;;/h2-4,7-10,15-20,22-23,29-30,38,42-43,49-50H,5-6,11-14,21,24-25H2,1H3,(H,44,51)(H,52,53);2*1H/t29?,30?,38-;;/m0../s1. The quantitative estimate of drug-likeness (QED) is 0.0779. The monoisotopic (exact) mass is 755 g/mol. The third-order valence-corrected chi connectivity index (χ3v) is 10.4. The van der Waals surface area contributed by atoms with Crippen LogP contribution in [0.25, 0.3) is 33.1 Å². The fourth-order valence-electron chi connectivity index (χ4n) is 7.61. The summed E-state index contributed by atoms with van der Waals surface area (Å²) in [6, 6.07) is 28.7. The highest BCUT2D eigenvalue weighted by Crippen LogP contribution is 2.37. The number of aryl methyl sites for hydroxylation is 2. The van der Waals surface area contributed by atoms with Crippen molar-refractivity contribution >= 4 is 33.7 Å². The Morgan fingerprint density at radius 2 is 1.73 bits per heavy atom. The van der Waals surface area contributed by atoms with Crippen LogP contribution < -0.4 is 21.1 Å². The summed E-state index contributed by atoms with van der Waals surface area (Å²) < 4.78 is 1.90. The molecule has 1 aliphatic carbocycles. The average Bonchev–Trinajstić information content (AvgIpc) is 3.58. The fraction of sp³-hybridized carbons (Fsp3) is 0.317. The Kier molecular flexibility index (Phi) is 13.3. The summed E-state index contributed by atoms with van der Waals surface area (Å²) in [5.74, 6) is -0.0464. The number of benzene rings is 4. The molecule has 14 heteroatoms. The van der Waals surface area contributed by atoms with Gasteiger partial charge in [-0.2, -0.15) is 0 Å². The normalized spacial score (nSPS) is 16.0. The number of hydrogen-bond donors (Lipinski definition) is 6. The number of halogens is 2. The van der Waals surface area contributed by atoms with E-state index in [0.29, 0.717) is 35.6 Å². The summed E-state index contributed by atoms with van der Waals surface area (Å²) in [4.78, 5) is 28.8. The summed E-state index contributed by atoms with van der Waals surface area (Å²) in [6.45, 7) is 1.41. The average molecular weight is 756 g/mol. The zero-order chi connectivity index (χ0) is 36.9. The Morgan fingerprint density at radius 1 is 0.964 bits per heavy atom. The maximum Gasteiger partial charge on any atom is 0.412 e. The number of aliphatic hydroxyl groups is 1. The van der Waals surface area contributed by atoms with Crippen LogP contribution in [0.15, 0.2) is 95.8 Å². The number of carboxylic acid groups (broad SMARTS) is 1. The molecule has 6 N–H and O–H groups in total. The number of aromatic amines is 1. The molecule has 2 aromatic heterocycles. The lowest BCUT2D eigenvalue weighted by Crippen LogP contribution is -2.44. The Hall–Kier alpha value is -5.70. The van der Waals surface area contributed by atoms with Gasteiger partial charge in [-0.05, 0) is 98.2 Å². The summed E-state index contributed by atoms with van der Waals surface area (Å²) >= 11 is 0. The Balaban J connectivity index is 0.00000290. The van der Waals surface area contributed by atoms with E-state index in [4.69, 9.17) is 0 Å². The van der Waals surface area contributed by atoms with Crippen molar-refractivity contribution in [1.82, 2.24) is 30.6 Å². The van der Waals surface area contributed by atoms with Crippen LogP contribution in [-0.4, -0.2) is 67.1 Å². The molecule has 1 atom stereocenters. The SMILES string of the molecule is CNC1CCC(N(C(=O)O)c2cc(CCCn3nnc4cc(CNC[C@H](O)c5ccc(O)c6[nH]c(=O)ccc56)ccc43)ccc2-c2ccccc2)CC1.F.F. The van der Waals surface area contributed by atoms with Crippen LogP contribution in [0.4, 0.5) is 19.9 Å². The number of hydrogen-bond acceptors (Lipinski definition) is 8. The number of aliphatic hydroxyl groups excluding tert-OH is 1. The van der Waals surface area contributed by atoms with Crippen molar-refractivity contribution in [2.45, 2.75) is 69.8 Å². The van der Waals surface area contributed by atoms with E-state index < -0.39 is 12.2 Å². The van der Waals surface area contributed by atoms with Crippen LogP contribution in [0, 0.1) is 0 Å². The van der Waals surface area contributed by atoms with Gasteiger partial charge < -0.3 is 30.9 Å². The number of phenols is 1. The molecule has 0 spiro atoms. The maximum atomic E-state index is 12.8. The number of rotatable bonds is 13. The van der Waals surface area contributed by atoms with Crippen LogP contribution in [-0.2, 0) is 19.5 Å². The molecule has 6 aromatic rings. The van der Waals surface area contributed by atoms with E-state index >= 15 is 0 Å². The Bertz CT molecular complexity index is 2280. The zero-order valence-electron chi connectivity index (χ0n) is 30.5. The van der Waals surface area contributed by atoms with Crippen molar-refractivity contribution < 1.29 is 29.5 Å². The zero-order valence-corrected chi connectivity index (χ0v) is 30.5. The van der Waals surface area contributed by atoms with Crippen molar-refractivity contribution in [3.05, 3.63) is 118 Å². The minimum Gasteiger partial charge on any atom is -0.506 e. The second-order valence-electron chi connectivity index (χ2n) is 13.8. The number of fused-ring (bicyclic) bond motifs is 2. The minimum absolute atomic E-state index is 0. The number of amides is 1. The van der Waals surface area contributed by atoms with Crippen molar-refractivity contribution in [2.75, 3.05) is 18.5 Å². The minimum atomic E-state index is -0.920. The highest BCUT2D eigenvalue weighted by molar-refractivity contribution is 5.94. The van der Waals surface area contributed by atoms with Gasteiger partial charge in [0, 0.05) is 48.7 Å². The third-order valence-electron chi connectivity index (χ3n) is 10.4. The number of nitrogens with zero attached hydrogens (tertiary/aromatic N) is 4. The van der Waals surface area contributed by atoms with Gasteiger partial charge in [0.05, 0.1) is 22.8 Å². The summed E-state index contributed by atoms with van der Waals surface area (Å²) in [6.07, 6.45) is 3.29. The molecule has 1 aliphatic rings. The van der Waals surface area contributed by atoms with Crippen molar-refractivity contribution in [3.8, 4) is 16.9 Å². The second-order valence-corrected chi connectivity index (χ2v) is 13.8. The summed E-state index contributed by atoms with van der Waals surface area (Å²) in [5.41, 5.74) is 7.00. The second kappa shape index (κ2) is 18.1. The number of H-pyrrole nitrogens is 1. The number of aromatic hydroxyl groups is 1. The maximum absolute atomic E-state index is 12.8. The molecule has 1 amide bonds. The van der Waals surface area contributed by atoms with Gasteiger partial charge in [-0.3, -0.25) is 19.1 Å². The number of aromatic nitrogens is 4. The Morgan fingerprint density at radius 3 is 2.47 bits per heavy atom. The molecule has 1 fully saturated rings. The predicted molar refractivity (Wildman–Crippen MR) is 211 cm³/mol. The van der Waals surface area contributed by atoms with E-state index in [2.05, 4.69) is 44.1 Å². The molecule has 0 radical (unpaired) electrons. The first kappa shape index (κ1) is 40.5. The lowest BCUT2D eigenvalue weighted by molar-refractivity contribution is 0.176. The van der Waals surface area contributed by atoms with Gasteiger partial charge >= 0.3 is 6.09 Å². The first-order valence-electron chi connectivity index (χ1n) is 18.2. The predicted octanol–water partition coefficient (Wildman–Crippen LogP) is 6.42. The largest absolute Gasteiger partial charge is 0.506 e. The van der Waals surface area contributed by atoms with Gasteiger partial charge in [-0.1, -0.05) is 59.8 Å². The number of phenolic OH excluding ortho intramolecular Hbond substituents is 1. The van der Waals surface area contributed by atoms with Crippen molar-refractivity contribution in [2.24, 2.45) is 0 Å². The first-order chi connectivity index (χ1) is 25.8. The molecular weight excluding hydrogens is 708 g/mol. The van der Waals surface area contributed by atoms with E-state index in [1.54, 1.807) is 17.0 Å². The van der Waals surface area contributed by atoms with Gasteiger partial charge in [0.25, 0.3) is 0 Å². The number of pyridine rings is 1. The van der Waals surface area contributed by atoms with Gasteiger partial charge in [0.2, 0.25) is 5.56 Å². The molecule has 4 aromatic carbocycles. The van der Waals surface area contributed by atoms with E-state index in [1.807, 2.05) is 60.3 Å². The first-order valence-corrected chi connectivity index (χ1v) is 18.2. The van der Waals surface area contributed by atoms with Crippen LogP contribution in [0.5, 0.6) is 5.75 Å². The lowest BCUT2D eigenvalue weighted by Gasteiger charge is -2.36. The third kappa shape index (κ3) is 8.99. The van der Waals surface area contributed by atoms with Crippen LogP contribution in [0.2, 0.25) is 0 Å². The molecule has 12 nitrogen and oxygen atoms in total. The van der Waals surface area contributed by atoms with E-state index in [9.17, 15) is 24.9 Å². The summed E-state index contributed by atoms with van der Waals surface area (Å²) in [5, 5.41) is 47.7. The molecule has 0 aliphatic heterocycles. The van der Waals surface area contributed by atoms with E-state index in [-0.39, 0.29) is 33.3 Å². The van der Waals surface area contributed by atoms with Gasteiger partial charge in [0.15, 0.2) is 0 Å². The molecule has 0 saturated heterocycles. The van der Waals surface area contributed by atoms with Crippen LogP contribution in [0.3, 0.4) is 0 Å². The molecular formula is C41H47F2N7O5. The van der Waals surface area contributed by atoms with Gasteiger partial charge in [-0.25, -0.2) is 9.48 Å². The molecule has 0 bridgehead atoms. The molecule has 2 heterocycles. The highest BCUT2D eigenvalue weighted by Gasteiger charge is 2.31. The molecule has 1 saturated carbocycles.